The van der Waals surface area contributed by atoms with Crippen molar-refractivity contribution in [2.24, 2.45) is 5.73 Å². The SMILES string of the molecule is COc1ccc(NC(=O)C(=O)NCCN)cc1OC. The number of ether oxygens (including phenoxy) is 2. The maximum atomic E-state index is 11.5. The Balaban J connectivity index is 2.71. The first kappa shape index (κ1) is 14.8. The van der Waals surface area contributed by atoms with E-state index in [1.54, 1.807) is 18.2 Å². The van der Waals surface area contributed by atoms with Crippen LogP contribution in [0.15, 0.2) is 18.2 Å². The van der Waals surface area contributed by atoms with E-state index in [0.29, 0.717) is 17.2 Å². The molecule has 0 saturated carbocycles. The maximum Gasteiger partial charge on any atom is 0.313 e. The molecule has 0 atom stereocenters. The predicted octanol–water partition coefficient (Wildman–Crippen LogP) is -0.283. The van der Waals surface area contributed by atoms with Crippen LogP contribution in [0.5, 0.6) is 11.5 Å². The number of carbonyl (C=O) groups is 2. The Morgan fingerprint density at radius 3 is 2.42 bits per heavy atom. The van der Waals surface area contributed by atoms with Crippen LogP contribution in [-0.4, -0.2) is 39.1 Å². The van der Waals surface area contributed by atoms with Crippen LogP contribution in [0.4, 0.5) is 5.69 Å². The fourth-order valence-electron chi connectivity index (χ4n) is 1.37. The normalized spacial score (nSPS) is 9.63. The molecule has 1 aromatic rings. The summed E-state index contributed by atoms with van der Waals surface area (Å²) in [5, 5.41) is 4.82. The summed E-state index contributed by atoms with van der Waals surface area (Å²) < 4.78 is 10.2. The Morgan fingerprint density at radius 2 is 1.84 bits per heavy atom. The number of hydrogen-bond donors (Lipinski definition) is 3. The Hall–Kier alpha value is -2.28. The first-order chi connectivity index (χ1) is 9.12. The highest BCUT2D eigenvalue weighted by Gasteiger charge is 2.14. The molecule has 0 bridgehead atoms. The lowest BCUT2D eigenvalue weighted by atomic mass is 10.2. The van der Waals surface area contributed by atoms with Crippen molar-refractivity contribution >= 4 is 17.5 Å². The number of rotatable bonds is 5. The van der Waals surface area contributed by atoms with Gasteiger partial charge in [-0.15, -0.1) is 0 Å². The van der Waals surface area contributed by atoms with Gasteiger partial charge < -0.3 is 25.8 Å². The Bertz CT molecular complexity index is 462. The maximum absolute atomic E-state index is 11.5. The summed E-state index contributed by atoms with van der Waals surface area (Å²) in [5.41, 5.74) is 5.66. The molecule has 7 heteroatoms. The molecule has 19 heavy (non-hydrogen) atoms. The third-order valence-electron chi connectivity index (χ3n) is 2.28. The molecule has 0 aliphatic carbocycles. The van der Waals surface area contributed by atoms with Gasteiger partial charge in [-0.2, -0.15) is 0 Å². The quantitative estimate of drug-likeness (QED) is 0.637. The Kier molecular flexibility index (Phi) is 5.62. The van der Waals surface area contributed by atoms with Crippen LogP contribution in [0.2, 0.25) is 0 Å². The molecule has 7 nitrogen and oxygen atoms in total. The second-order valence-electron chi connectivity index (χ2n) is 3.57. The fraction of sp³-hybridized carbons (Fsp3) is 0.333. The largest absolute Gasteiger partial charge is 0.493 e. The summed E-state index contributed by atoms with van der Waals surface area (Å²) in [4.78, 5) is 22.9. The van der Waals surface area contributed by atoms with Gasteiger partial charge in [-0.1, -0.05) is 0 Å². The smallest absolute Gasteiger partial charge is 0.313 e. The van der Waals surface area contributed by atoms with Crippen molar-refractivity contribution in [1.29, 1.82) is 0 Å². The van der Waals surface area contributed by atoms with E-state index in [0.717, 1.165) is 0 Å². The molecule has 2 amide bonds. The number of carbonyl (C=O) groups excluding carboxylic acids is 2. The number of nitrogens with one attached hydrogen (secondary N) is 2. The molecular weight excluding hydrogens is 250 g/mol. The lowest BCUT2D eigenvalue weighted by Gasteiger charge is -2.10. The molecule has 0 spiro atoms. The summed E-state index contributed by atoms with van der Waals surface area (Å²) in [6.07, 6.45) is 0. The van der Waals surface area contributed by atoms with Crippen LogP contribution < -0.4 is 25.8 Å². The monoisotopic (exact) mass is 267 g/mol. The zero-order valence-electron chi connectivity index (χ0n) is 10.9. The number of anilines is 1. The van der Waals surface area contributed by atoms with Gasteiger partial charge in [-0.25, -0.2) is 0 Å². The van der Waals surface area contributed by atoms with Crippen LogP contribution in [-0.2, 0) is 9.59 Å². The zero-order chi connectivity index (χ0) is 14.3. The van der Waals surface area contributed by atoms with E-state index in [2.05, 4.69) is 10.6 Å². The van der Waals surface area contributed by atoms with Crippen molar-refractivity contribution in [3.63, 3.8) is 0 Å². The third-order valence-corrected chi connectivity index (χ3v) is 2.28. The molecule has 0 aliphatic heterocycles. The minimum absolute atomic E-state index is 0.248. The van der Waals surface area contributed by atoms with Crippen LogP contribution in [0.25, 0.3) is 0 Å². The highest BCUT2D eigenvalue weighted by molar-refractivity contribution is 6.39. The van der Waals surface area contributed by atoms with Crippen LogP contribution in [0.3, 0.4) is 0 Å². The lowest BCUT2D eigenvalue weighted by Crippen LogP contribution is -2.37. The van der Waals surface area contributed by atoms with E-state index in [1.165, 1.54) is 14.2 Å². The van der Waals surface area contributed by atoms with E-state index in [4.69, 9.17) is 15.2 Å². The Labute approximate surface area is 111 Å². The summed E-state index contributed by atoms with van der Waals surface area (Å²) in [7, 11) is 2.99. The summed E-state index contributed by atoms with van der Waals surface area (Å²) >= 11 is 0. The van der Waals surface area contributed by atoms with Gasteiger partial charge in [0.1, 0.15) is 0 Å². The van der Waals surface area contributed by atoms with Crippen molar-refractivity contribution in [2.75, 3.05) is 32.6 Å². The van der Waals surface area contributed by atoms with Crippen molar-refractivity contribution in [3.05, 3.63) is 18.2 Å². The Morgan fingerprint density at radius 1 is 1.16 bits per heavy atom. The molecule has 0 unspecified atom stereocenters. The minimum atomic E-state index is -0.763. The van der Waals surface area contributed by atoms with E-state index in [9.17, 15) is 9.59 Å². The standard InChI is InChI=1S/C12H17N3O4/c1-18-9-4-3-8(7-10(9)19-2)15-12(17)11(16)14-6-5-13/h3-4,7H,5-6,13H2,1-2H3,(H,14,16)(H,15,17). The molecule has 1 aromatic carbocycles. The molecule has 0 aliphatic rings. The molecule has 0 heterocycles. The molecule has 104 valence electrons. The van der Waals surface area contributed by atoms with Gasteiger partial charge in [-0.3, -0.25) is 9.59 Å². The highest BCUT2D eigenvalue weighted by Crippen LogP contribution is 2.29. The van der Waals surface area contributed by atoms with Gasteiger partial charge in [0.2, 0.25) is 0 Å². The minimum Gasteiger partial charge on any atom is -0.493 e. The van der Waals surface area contributed by atoms with Crippen molar-refractivity contribution in [3.8, 4) is 11.5 Å². The number of methoxy groups -OCH3 is 2. The average molecular weight is 267 g/mol. The molecule has 0 aromatic heterocycles. The average Bonchev–Trinajstić information content (AvgIpc) is 2.44. The van der Waals surface area contributed by atoms with E-state index in [1.807, 2.05) is 0 Å². The number of benzene rings is 1. The lowest BCUT2D eigenvalue weighted by molar-refractivity contribution is -0.136. The number of nitrogens with two attached hydrogens (primary N) is 1. The summed E-state index contributed by atoms with van der Waals surface area (Å²) in [6, 6.07) is 4.80. The first-order valence-corrected chi connectivity index (χ1v) is 5.63. The van der Waals surface area contributed by atoms with E-state index in [-0.39, 0.29) is 13.1 Å². The van der Waals surface area contributed by atoms with E-state index >= 15 is 0 Å². The van der Waals surface area contributed by atoms with Gasteiger partial charge in [0.25, 0.3) is 0 Å². The topological polar surface area (TPSA) is 103 Å². The molecule has 4 N–H and O–H groups in total. The second kappa shape index (κ2) is 7.22. The van der Waals surface area contributed by atoms with Gasteiger partial charge >= 0.3 is 11.8 Å². The van der Waals surface area contributed by atoms with Crippen LogP contribution in [0, 0.1) is 0 Å². The van der Waals surface area contributed by atoms with Gasteiger partial charge in [0.15, 0.2) is 11.5 Å². The highest BCUT2D eigenvalue weighted by atomic mass is 16.5. The summed E-state index contributed by atoms with van der Waals surface area (Å²) in [5.74, 6) is -0.503. The van der Waals surface area contributed by atoms with Crippen LogP contribution in [0.1, 0.15) is 0 Å². The zero-order valence-corrected chi connectivity index (χ0v) is 10.9. The number of amides is 2. The van der Waals surface area contributed by atoms with E-state index < -0.39 is 11.8 Å². The van der Waals surface area contributed by atoms with Crippen molar-refractivity contribution < 1.29 is 19.1 Å². The van der Waals surface area contributed by atoms with Crippen molar-refractivity contribution in [2.45, 2.75) is 0 Å². The first-order valence-electron chi connectivity index (χ1n) is 5.63. The van der Waals surface area contributed by atoms with Gasteiger partial charge in [0, 0.05) is 24.8 Å². The predicted molar refractivity (Wildman–Crippen MR) is 70.2 cm³/mol. The molecular formula is C12H17N3O4. The molecule has 0 fully saturated rings. The van der Waals surface area contributed by atoms with Crippen molar-refractivity contribution in [1.82, 2.24) is 5.32 Å². The second-order valence-corrected chi connectivity index (χ2v) is 3.57. The van der Waals surface area contributed by atoms with Crippen LogP contribution >= 0.6 is 0 Å². The molecule has 0 radical (unpaired) electrons. The fourth-order valence-corrected chi connectivity index (χ4v) is 1.37. The third kappa shape index (κ3) is 4.14. The molecule has 0 saturated heterocycles. The van der Waals surface area contributed by atoms with Gasteiger partial charge in [0.05, 0.1) is 14.2 Å². The molecule has 1 rings (SSSR count). The van der Waals surface area contributed by atoms with Gasteiger partial charge in [-0.05, 0) is 12.1 Å². The number of hydrogen-bond acceptors (Lipinski definition) is 5. The summed E-state index contributed by atoms with van der Waals surface area (Å²) in [6.45, 7) is 0.521.